The lowest BCUT2D eigenvalue weighted by molar-refractivity contribution is -0.144. The summed E-state index contributed by atoms with van der Waals surface area (Å²) in [7, 11) is 0. The van der Waals surface area contributed by atoms with E-state index in [0.717, 1.165) is 19.5 Å². The molecule has 3 heteroatoms. The number of nitrogens with zero attached hydrogens (tertiary/aromatic N) is 1. The van der Waals surface area contributed by atoms with Crippen molar-refractivity contribution in [3.63, 3.8) is 0 Å². The second-order valence-corrected chi connectivity index (χ2v) is 4.85. The fourth-order valence-electron chi connectivity index (χ4n) is 2.48. The van der Waals surface area contributed by atoms with Crippen LogP contribution in [0.4, 0.5) is 0 Å². The predicted molar refractivity (Wildman–Crippen MR) is 71.3 cm³/mol. The van der Waals surface area contributed by atoms with Gasteiger partial charge in [0.1, 0.15) is 0 Å². The minimum atomic E-state index is -0.0936. The Morgan fingerprint density at radius 1 is 1.39 bits per heavy atom. The summed E-state index contributed by atoms with van der Waals surface area (Å²) in [5.41, 5.74) is 2.83. The number of benzene rings is 1. The number of ether oxygens (including phenoxy) is 1. The Bertz CT molecular complexity index is 417. The summed E-state index contributed by atoms with van der Waals surface area (Å²) >= 11 is 0. The summed E-state index contributed by atoms with van der Waals surface area (Å²) in [5.74, 6) is -0.0936. The minimum Gasteiger partial charge on any atom is -0.466 e. The largest absolute Gasteiger partial charge is 0.466 e. The zero-order valence-electron chi connectivity index (χ0n) is 11.2. The highest BCUT2D eigenvalue weighted by atomic mass is 16.5. The standard InChI is InChI=1S/C15H21NO2/c1-3-18-15(17)10-12(2)16-9-8-13-6-4-5-7-14(13)11-16/h4-7,12H,3,8-11H2,1-2H3. The van der Waals surface area contributed by atoms with E-state index in [1.54, 1.807) is 0 Å². The molecule has 0 bridgehead atoms. The molecule has 1 unspecified atom stereocenters. The molecule has 0 aromatic heterocycles. The Hall–Kier alpha value is -1.35. The maximum Gasteiger partial charge on any atom is 0.307 e. The first-order valence-corrected chi connectivity index (χ1v) is 6.67. The molecular formula is C15H21NO2. The fraction of sp³-hybridized carbons (Fsp3) is 0.533. The zero-order chi connectivity index (χ0) is 13.0. The van der Waals surface area contributed by atoms with Crippen LogP contribution >= 0.6 is 0 Å². The third-order valence-corrected chi connectivity index (χ3v) is 3.55. The number of rotatable bonds is 4. The quantitative estimate of drug-likeness (QED) is 0.765. The van der Waals surface area contributed by atoms with Gasteiger partial charge in [0.05, 0.1) is 13.0 Å². The van der Waals surface area contributed by atoms with E-state index in [2.05, 4.69) is 36.1 Å². The fourth-order valence-corrected chi connectivity index (χ4v) is 2.48. The van der Waals surface area contributed by atoms with Crippen LogP contribution in [-0.2, 0) is 22.5 Å². The van der Waals surface area contributed by atoms with Gasteiger partial charge in [-0.2, -0.15) is 0 Å². The van der Waals surface area contributed by atoms with Gasteiger partial charge >= 0.3 is 5.97 Å². The van der Waals surface area contributed by atoms with Crippen molar-refractivity contribution in [2.45, 2.75) is 39.3 Å². The molecular weight excluding hydrogens is 226 g/mol. The molecule has 98 valence electrons. The van der Waals surface area contributed by atoms with Gasteiger partial charge in [-0.1, -0.05) is 24.3 Å². The Morgan fingerprint density at radius 3 is 2.83 bits per heavy atom. The highest BCUT2D eigenvalue weighted by molar-refractivity contribution is 5.70. The molecule has 0 saturated heterocycles. The summed E-state index contributed by atoms with van der Waals surface area (Å²) in [6.45, 7) is 6.38. The molecule has 1 aromatic rings. The van der Waals surface area contributed by atoms with Gasteiger partial charge in [-0.25, -0.2) is 0 Å². The second kappa shape index (κ2) is 6.01. The molecule has 0 aliphatic carbocycles. The molecule has 3 nitrogen and oxygen atoms in total. The van der Waals surface area contributed by atoms with Crippen molar-refractivity contribution >= 4 is 5.97 Å². The second-order valence-electron chi connectivity index (χ2n) is 4.85. The molecule has 0 fully saturated rings. The first-order valence-electron chi connectivity index (χ1n) is 6.67. The summed E-state index contributed by atoms with van der Waals surface area (Å²) < 4.78 is 5.01. The van der Waals surface area contributed by atoms with E-state index < -0.39 is 0 Å². The maximum absolute atomic E-state index is 11.5. The molecule has 18 heavy (non-hydrogen) atoms. The molecule has 0 radical (unpaired) electrons. The number of hydrogen-bond acceptors (Lipinski definition) is 3. The zero-order valence-corrected chi connectivity index (χ0v) is 11.2. The van der Waals surface area contributed by atoms with Crippen molar-refractivity contribution in [2.24, 2.45) is 0 Å². The van der Waals surface area contributed by atoms with E-state index in [4.69, 9.17) is 4.74 Å². The molecule has 0 saturated carbocycles. The first-order chi connectivity index (χ1) is 8.70. The molecule has 0 N–H and O–H groups in total. The van der Waals surface area contributed by atoms with Crippen LogP contribution in [0, 0.1) is 0 Å². The highest BCUT2D eigenvalue weighted by Gasteiger charge is 2.22. The molecule has 1 aliphatic rings. The number of fused-ring (bicyclic) bond motifs is 1. The first kappa shape index (κ1) is 13.1. The van der Waals surface area contributed by atoms with Gasteiger partial charge in [0, 0.05) is 19.1 Å². The lowest BCUT2D eigenvalue weighted by Crippen LogP contribution is -2.39. The minimum absolute atomic E-state index is 0.0936. The van der Waals surface area contributed by atoms with Crippen molar-refractivity contribution in [1.29, 1.82) is 0 Å². The normalized spacial score (nSPS) is 17.0. The Balaban J connectivity index is 1.94. The molecule has 1 aliphatic heterocycles. The lowest BCUT2D eigenvalue weighted by Gasteiger charge is -2.33. The van der Waals surface area contributed by atoms with Crippen molar-refractivity contribution in [3.8, 4) is 0 Å². The maximum atomic E-state index is 11.5. The molecule has 0 spiro atoms. The van der Waals surface area contributed by atoms with Gasteiger partial charge in [-0.15, -0.1) is 0 Å². The molecule has 2 rings (SSSR count). The van der Waals surface area contributed by atoms with Crippen LogP contribution < -0.4 is 0 Å². The smallest absolute Gasteiger partial charge is 0.307 e. The summed E-state index contributed by atoms with van der Waals surface area (Å²) in [5, 5.41) is 0. The van der Waals surface area contributed by atoms with Gasteiger partial charge < -0.3 is 4.74 Å². The summed E-state index contributed by atoms with van der Waals surface area (Å²) in [4.78, 5) is 13.9. The molecule has 1 atom stereocenters. The average molecular weight is 247 g/mol. The molecule has 0 amide bonds. The monoisotopic (exact) mass is 247 g/mol. The van der Waals surface area contributed by atoms with Crippen LogP contribution in [0.15, 0.2) is 24.3 Å². The van der Waals surface area contributed by atoms with Crippen molar-refractivity contribution < 1.29 is 9.53 Å². The Morgan fingerprint density at radius 2 is 2.11 bits per heavy atom. The van der Waals surface area contributed by atoms with Crippen LogP contribution in [0.1, 0.15) is 31.4 Å². The Labute approximate surface area is 109 Å². The number of hydrogen-bond donors (Lipinski definition) is 0. The van der Waals surface area contributed by atoms with Crippen molar-refractivity contribution in [3.05, 3.63) is 35.4 Å². The van der Waals surface area contributed by atoms with Crippen LogP contribution in [0.3, 0.4) is 0 Å². The van der Waals surface area contributed by atoms with Gasteiger partial charge in [-0.3, -0.25) is 9.69 Å². The SMILES string of the molecule is CCOC(=O)CC(C)N1CCc2ccccc2C1. The third kappa shape index (κ3) is 3.10. The van der Waals surface area contributed by atoms with E-state index in [0.29, 0.717) is 13.0 Å². The number of esters is 1. The predicted octanol–water partition coefficient (Wildman–Crippen LogP) is 2.39. The van der Waals surface area contributed by atoms with Gasteiger partial charge in [-0.05, 0) is 31.4 Å². The number of carbonyl (C=O) groups excluding carboxylic acids is 1. The van der Waals surface area contributed by atoms with Crippen LogP contribution in [0.25, 0.3) is 0 Å². The van der Waals surface area contributed by atoms with E-state index in [-0.39, 0.29) is 12.0 Å². The third-order valence-electron chi connectivity index (χ3n) is 3.55. The summed E-state index contributed by atoms with van der Waals surface area (Å²) in [6, 6.07) is 8.80. The van der Waals surface area contributed by atoms with E-state index >= 15 is 0 Å². The van der Waals surface area contributed by atoms with Crippen LogP contribution in [0.2, 0.25) is 0 Å². The number of carbonyl (C=O) groups is 1. The molecule has 1 heterocycles. The highest BCUT2D eigenvalue weighted by Crippen LogP contribution is 2.21. The van der Waals surface area contributed by atoms with Gasteiger partial charge in [0.25, 0.3) is 0 Å². The van der Waals surface area contributed by atoms with E-state index in [1.165, 1.54) is 11.1 Å². The van der Waals surface area contributed by atoms with Crippen molar-refractivity contribution in [1.82, 2.24) is 4.90 Å². The average Bonchev–Trinajstić information content (AvgIpc) is 2.38. The topological polar surface area (TPSA) is 29.5 Å². The van der Waals surface area contributed by atoms with E-state index in [9.17, 15) is 4.79 Å². The Kier molecular flexibility index (Phi) is 4.37. The van der Waals surface area contributed by atoms with Crippen LogP contribution in [0.5, 0.6) is 0 Å². The van der Waals surface area contributed by atoms with Crippen LogP contribution in [-0.4, -0.2) is 30.1 Å². The van der Waals surface area contributed by atoms with Gasteiger partial charge in [0.2, 0.25) is 0 Å². The van der Waals surface area contributed by atoms with E-state index in [1.807, 2.05) is 6.92 Å². The summed E-state index contributed by atoms with van der Waals surface area (Å²) in [6.07, 6.45) is 1.55. The van der Waals surface area contributed by atoms with Gasteiger partial charge in [0.15, 0.2) is 0 Å². The lowest BCUT2D eigenvalue weighted by atomic mass is 9.98. The van der Waals surface area contributed by atoms with Crippen molar-refractivity contribution in [2.75, 3.05) is 13.2 Å². The molecule has 1 aromatic carbocycles.